The van der Waals surface area contributed by atoms with E-state index in [-0.39, 0.29) is 10.5 Å². The summed E-state index contributed by atoms with van der Waals surface area (Å²) >= 11 is 2.74. The molecule has 0 aliphatic heterocycles. The van der Waals surface area contributed by atoms with E-state index in [2.05, 4.69) is 15.9 Å². The molecule has 2 rings (SSSR count). The standard InChI is InChI=1S/C12H13BrF2N2O3S/c1-17(6-3-2-4-6)12(18)9-8(14)5-7(13)11(10(9)15)21(16,19)20/h5-6H,2-4H2,1H3,(H2,16,19,20). The zero-order chi connectivity index (χ0) is 15.9. The lowest BCUT2D eigenvalue weighted by molar-refractivity contribution is 0.0641. The van der Waals surface area contributed by atoms with E-state index in [1.54, 1.807) is 0 Å². The number of halogens is 3. The minimum atomic E-state index is -4.43. The van der Waals surface area contributed by atoms with E-state index in [0.717, 1.165) is 25.3 Å². The number of carbonyl (C=O) groups excluding carboxylic acids is 1. The van der Waals surface area contributed by atoms with Gasteiger partial charge in [-0.1, -0.05) is 0 Å². The molecule has 1 saturated carbocycles. The zero-order valence-corrected chi connectivity index (χ0v) is 13.5. The van der Waals surface area contributed by atoms with Crippen LogP contribution in [0.4, 0.5) is 8.78 Å². The molecule has 1 aliphatic carbocycles. The molecule has 0 saturated heterocycles. The van der Waals surface area contributed by atoms with Crippen molar-refractivity contribution in [3.8, 4) is 0 Å². The van der Waals surface area contributed by atoms with E-state index >= 15 is 0 Å². The summed E-state index contributed by atoms with van der Waals surface area (Å²) in [5.41, 5.74) is -0.906. The van der Waals surface area contributed by atoms with Gasteiger partial charge in [0, 0.05) is 17.6 Å². The Bertz CT molecular complexity index is 705. The van der Waals surface area contributed by atoms with Gasteiger partial charge in [-0.15, -0.1) is 0 Å². The molecule has 0 radical (unpaired) electrons. The second-order valence-electron chi connectivity index (χ2n) is 4.90. The maximum absolute atomic E-state index is 14.3. The number of sulfonamides is 1. The summed E-state index contributed by atoms with van der Waals surface area (Å²) in [4.78, 5) is 12.5. The average molecular weight is 383 g/mol. The van der Waals surface area contributed by atoms with E-state index < -0.39 is 38.0 Å². The predicted molar refractivity (Wildman–Crippen MR) is 75.2 cm³/mol. The topological polar surface area (TPSA) is 80.5 Å². The summed E-state index contributed by atoms with van der Waals surface area (Å²) in [5, 5.41) is 4.91. The molecule has 1 aromatic rings. The normalized spacial score (nSPS) is 15.7. The highest BCUT2D eigenvalue weighted by molar-refractivity contribution is 9.10. The lowest BCUT2D eigenvalue weighted by Crippen LogP contribution is -2.42. The van der Waals surface area contributed by atoms with Gasteiger partial charge in [0.1, 0.15) is 16.3 Å². The van der Waals surface area contributed by atoms with Crippen molar-refractivity contribution in [2.45, 2.75) is 30.2 Å². The molecule has 1 aromatic carbocycles. The SMILES string of the molecule is CN(C(=O)c1c(F)cc(Br)c(S(N)(=O)=O)c1F)C1CCC1. The van der Waals surface area contributed by atoms with Crippen molar-refractivity contribution in [1.82, 2.24) is 4.90 Å². The van der Waals surface area contributed by atoms with E-state index in [1.165, 1.54) is 11.9 Å². The summed E-state index contributed by atoms with van der Waals surface area (Å²) in [7, 11) is -3.00. The zero-order valence-electron chi connectivity index (χ0n) is 11.1. The molecular weight excluding hydrogens is 370 g/mol. The number of hydrogen-bond donors (Lipinski definition) is 1. The highest BCUT2D eigenvalue weighted by Gasteiger charge is 2.33. The van der Waals surface area contributed by atoms with Gasteiger partial charge < -0.3 is 4.90 Å². The van der Waals surface area contributed by atoms with Gasteiger partial charge in [0.15, 0.2) is 5.82 Å². The monoisotopic (exact) mass is 382 g/mol. The van der Waals surface area contributed by atoms with Crippen molar-refractivity contribution in [2.75, 3.05) is 7.05 Å². The van der Waals surface area contributed by atoms with Crippen LogP contribution < -0.4 is 5.14 Å². The largest absolute Gasteiger partial charge is 0.339 e. The van der Waals surface area contributed by atoms with Gasteiger partial charge in [0.05, 0.1) is 0 Å². The summed E-state index contributed by atoms with van der Waals surface area (Å²) in [5.74, 6) is -3.50. The molecule has 0 heterocycles. The Kier molecular flexibility index (Phi) is 4.36. The number of hydrogen-bond acceptors (Lipinski definition) is 3. The minimum Gasteiger partial charge on any atom is -0.339 e. The molecule has 0 spiro atoms. The molecule has 0 aromatic heterocycles. The van der Waals surface area contributed by atoms with Crippen molar-refractivity contribution in [3.63, 3.8) is 0 Å². The molecule has 9 heteroatoms. The fourth-order valence-electron chi connectivity index (χ4n) is 2.15. The van der Waals surface area contributed by atoms with Crippen LogP contribution in [0.3, 0.4) is 0 Å². The average Bonchev–Trinajstić information content (AvgIpc) is 2.22. The summed E-state index contributed by atoms with van der Waals surface area (Å²) < 4.78 is 50.7. The molecule has 1 fully saturated rings. The molecule has 0 unspecified atom stereocenters. The summed E-state index contributed by atoms with van der Waals surface area (Å²) in [6.07, 6.45) is 2.45. The maximum atomic E-state index is 14.3. The van der Waals surface area contributed by atoms with Crippen LogP contribution in [0.5, 0.6) is 0 Å². The van der Waals surface area contributed by atoms with Gasteiger partial charge in [-0.2, -0.15) is 0 Å². The smallest absolute Gasteiger partial charge is 0.259 e. The van der Waals surface area contributed by atoms with Crippen molar-refractivity contribution in [2.24, 2.45) is 5.14 Å². The first kappa shape index (κ1) is 16.3. The Balaban J connectivity index is 2.56. The lowest BCUT2D eigenvalue weighted by Gasteiger charge is -2.34. The molecule has 116 valence electrons. The van der Waals surface area contributed by atoms with Crippen LogP contribution >= 0.6 is 15.9 Å². The van der Waals surface area contributed by atoms with Gasteiger partial charge in [0.2, 0.25) is 10.0 Å². The number of amides is 1. The summed E-state index contributed by atoms with van der Waals surface area (Å²) in [6, 6.07) is 0.642. The Morgan fingerprint density at radius 2 is 2.00 bits per heavy atom. The quantitative estimate of drug-likeness (QED) is 0.867. The van der Waals surface area contributed by atoms with Crippen LogP contribution in [0.15, 0.2) is 15.4 Å². The number of nitrogens with two attached hydrogens (primary N) is 1. The van der Waals surface area contributed by atoms with Gasteiger partial charge in [-0.3, -0.25) is 4.79 Å². The number of benzene rings is 1. The minimum absolute atomic E-state index is 0.0853. The fraction of sp³-hybridized carbons (Fsp3) is 0.417. The number of carbonyl (C=O) groups is 1. The fourth-order valence-corrected chi connectivity index (χ4v) is 3.88. The van der Waals surface area contributed by atoms with Crippen LogP contribution in [0.2, 0.25) is 0 Å². The Morgan fingerprint density at radius 1 is 1.43 bits per heavy atom. The third kappa shape index (κ3) is 2.95. The van der Waals surface area contributed by atoms with E-state index in [4.69, 9.17) is 5.14 Å². The van der Waals surface area contributed by atoms with Crippen LogP contribution in [-0.2, 0) is 10.0 Å². The Hall–Kier alpha value is -1.06. The van der Waals surface area contributed by atoms with Gasteiger partial charge in [0.25, 0.3) is 5.91 Å². The molecule has 0 bridgehead atoms. The second-order valence-corrected chi connectivity index (χ2v) is 7.26. The molecular formula is C12H13BrF2N2O3S. The number of primary sulfonamides is 1. The Morgan fingerprint density at radius 3 is 2.43 bits per heavy atom. The van der Waals surface area contributed by atoms with Crippen LogP contribution in [0, 0.1) is 11.6 Å². The number of rotatable bonds is 3. The maximum Gasteiger partial charge on any atom is 0.259 e. The predicted octanol–water partition coefficient (Wildman–Crippen LogP) is 2.00. The van der Waals surface area contributed by atoms with E-state index in [1.807, 2.05) is 0 Å². The molecule has 0 atom stereocenters. The molecule has 2 N–H and O–H groups in total. The van der Waals surface area contributed by atoms with Crippen molar-refractivity contribution in [1.29, 1.82) is 0 Å². The van der Waals surface area contributed by atoms with Crippen LogP contribution in [-0.4, -0.2) is 32.3 Å². The van der Waals surface area contributed by atoms with Crippen molar-refractivity contribution in [3.05, 3.63) is 27.7 Å². The van der Waals surface area contributed by atoms with Crippen molar-refractivity contribution < 1.29 is 22.0 Å². The van der Waals surface area contributed by atoms with Gasteiger partial charge in [-0.25, -0.2) is 22.3 Å². The van der Waals surface area contributed by atoms with Gasteiger partial charge in [-0.05, 0) is 41.3 Å². The highest BCUT2D eigenvalue weighted by atomic mass is 79.9. The molecule has 5 nitrogen and oxygen atoms in total. The first-order chi connectivity index (χ1) is 9.64. The van der Waals surface area contributed by atoms with Crippen molar-refractivity contribution >= 4 is 31.9 Å². The van der Waals surface area contributed by atoms with Crippen LogP contribution in [0.1, 0.15) is 29.6 Å². The third-order valence-electron chi connectivity index (χ3n) is 3.57. The molecule has 21 heavy (non-hydrogen) atoms. The van der Waals surface area contributed by atoms with E-state index in [0.29, 0.717) is 0 Å². The van der Waals surface area contributed by atoms with Gasteiger partial charge >= 0.3 is 0 Å². The molecule has 1 aliphatic rings. The third-order valence-corrected chi connectivity index (χ3v) is 5.43. The molecule has 1 amide bonds. The Labute approximate surface area is 129 Å². The first-order valence-electron chi connectivity index (χ1n) is 6.12. The van der Waals surface area contributed by atoms with Crippen LogP contribution in [0.25, 0.3) is 0 Å². The highest BCUT2D eigenvalue weighted by Crippen LogP contribution is 2.31. The van der Waals surface area contributed by atoms with E-state index in [9.17, 15) is 22.0 Å². The summed E-state index contributed by atoms with van der Waals surface area (Å²) in [6.45, 7) is 0. The number of nitrogens with zero attached hydrogens (tertiary/aromatic N) is 1. The first-order valence-corrected chi connectivity index (χ1v) is 8.46. The lowest BCUT2D eigenvalue weighted by atomic mass is 9.91. The second kappa shape index (κ2) is 5.62.